The number of nitrogens with one attached hydrogen (secondary N) is 2. The molecule has 0 saturated carbocycles. The number of amides is 1. The maximum absolute atomic E-state index is 11.8. The highest BCUT2D eigenvalue weighted by Crippen LogP contribution is 2.25. The normalized spacial score (nSPS) is 13.2. The minimum absolute atomic E-state index is 0.0515. The van der Waals surface area contributed by atoms with Crippen molar-refractivity contribution in [1.29, 1.82) is 5.26 Å². The lowest BCUT2D eigenvalue weighted by Gasteiger charge is -2.20. The van der Waals surface area contributed by atoms with Crippen molar-refractivity contribution >= 4 is 11.6 Å². The van der Waals surface area contributed by atoms with E-state index in [2.05, 4.69) is 10.6 Å². The highest BCUT2D eigenvalue weighted by atomic mass is 16.1. The molecule has 0 fully saturated rings. The molecule has 1 aliphatic heterocycles. The monoisotopic (exact) mass is 215 g/mol. The smallest absolute Gasteiger partial charge is 0.252 e. The van der Waals surface area contributed by atoms with Crippen molar-refractivity contribution in [2.45, 2.75) is 12.8 Å². The van der Waals surface area contributed by atoms with Gasteiger partial charge in [0, 0.05) is 17.8 Å². The zero-order valence-corrected chi connectivity index (χ0v) is 8.92. The van der Waals surface area contributed by atoms with Gasteiger partial charge in [-0.05, 0) is 30.5 Å². The van der Waals surface area contributed by atoms with Crippen LogP contribution in [0.5, 0.6) is 0 Å². The molecule has 0 bridgehead atoms. The second kappa shape index (κ2) is 4.67. The summed E-state index contributed by atoms with van der Waals surface area (Å²) in [5.41, 5.74) is 2.78. The molecule has 2 N–H and O–H groups in total. The predicted octanol–water partition coefficient (Wildman–Crippen LogP) is 1.30. The van der Waals surface area contributed by atoms with Gasteiger partial charge in [0.2, 0.25) is 0 Å². The van der Waals surface area contributed by atoms with E-state index in [1.54, 1.807) is 6.07 Å². The Kier molecular flexibility index (Phi) is 3.06. The third-order valence-electron chi connectivity index (χ3n) is 2.67. The summed E-state index contributed by atoms with van der Waals surface area (Å²) >= 11 is 0. The minimum Gasteiger partial charge on any atom is -0.385 e. The van der Waals surface area contributed by atoms with Crippen LogP contribution in [0.15, 0.2) is 18.2 Å². The van der Waals surface area contributed by atoms with Gasteiger partial charge < -0.3 is 10.6 Å². The highest BCUT2D eigenvalue weighted by molar-refractivity contribution is 5.97. The van der Waals surface area contributed by atoms with Crippen LogP contribution >= 0.6 is 0 Å². The summed E-state index contributed by atoms with van der Waals surface area (Å²) in [6, 6.07) is 7.55. The number of anilines is 1. The third-order valence-corrected chi connectivity index (χ3v) is 2.67. The molecule has 0 aliphatic carbocycles. The van der Waals surface area contributed by atoms with Gasteiger partial charge >= 0.3 is 0 Å². The van der Waals surface area contributed by atoms with Gasteiger partial charge in [0.05, 0.1) is 6.07 Å². The molecule has 0 saturated heterocycles. The first-order valence-corrected chi connectivity index (χ1v) is 5.34. The lowest BCUT2D eigenvalue weighted by molar-refractivity contribution is 0.0957. The van der Waals surface area contributed by atoms with Crippen LogP contribution in [-0.2, 0) is 6.42 Å². The summed E-state index contributed by atoms with van der Waals surface area (Å²) in [6.45, 7) is 1.01. The van der Waals surface area contributed by atoms with Gasteiger partial charge in [-0.2, -0.15) is 5.26 Å². The van der Waals surface area contributed by atoms with E-state index in [1.165, 1.54) is 0 Å². The Balaban J connectivity index is 2.27. The molecule has 1 amide bonds. The summed E-state index contributed by atoms with van der Waals surface area (Å²) < 4.78 is 0. The summed E-state index contributed by atoms with van der Waals surface area (Å²) in [6.07, 6.45) is 1.95. The Morgan fingerprint density at radius 3 is 3.25 bits per heavy atom. The van der Waals surface area contributed by atoms with Crippen molar-refractivity contribution in [1.82, 2.24) is 5.32 Å². The van der Waals surface area contributed by atoms with Crippen LogP contribution in [0.25, 0.3) is 0 Å². The molecule has 2 rings (SSSR count). The number of nitrogens with zero attached hydrogens (tertiary/aromatic N) is 1. The zero-order valence-electron chi connectivity index (χ0n) is 8.92. The first-order valence-electron chi connectivity index (χ1n) is 5.34. The van der Waals surface area contributed by atoms with Crippen molar-refractivity contribution in [3.05, 3.63) is 29.3 Å². The molecule has 0 atom stereocenters. The molecule has 1 aliphatic rings. The van der Waals surface area contributed by atoms with Gasteiger partial charge in [0.1, 0.15) is 6.54 Å². The molecular formula is C12H13N3O. The van der Waals surface area contributed by atoms with E-state index in [0.29, 0.717) is 5.56 Å². The molecule has 1 aromatic rings. The molecule has 82 valence electrons. The van der Waals surface area contributed by atoms with Gasteiger partial charge in [0.25, 0.3) is 5.91 Å². The highest BCUT2D eigenvalue weighted by Gasteiger charge is 2.16. The topological polar surface area (TPSA) is 64.9 Å². The molecular weight excluding hydrogens is 202 g/mol. The molecule has 0 aromatic heterocycles. The van der Waals surface area contributed by atoms with Crippen molar-refractivity contribution in [2.75, 3.05) is 18.4 Å². The maximum atomic E-state index is 11.8. The van der Waals surface area contributed by atoms with E-state index in [9.17, 15) is 4.79 Å². The van der Waals surface area contributed by atoms with Crippen LogP contribution in [0.1, 0.15) is 22.3 Å². The Morgan fingerprint density at radius 1 is 1.56 bits per heavy atom. The average molecular weight is 215 g/mol. The van der Waals surface area contributed by atoms with E-state index in [-0.39, 0.29) is 12.5 Å². The summed E-state index contributed by atoms with van der Waals surface area (Å²) in [5, 5.41) is 14.3. The van der Waals surface area contributed by atoms with Crippen LogP contribution in [-0.4, -0.2) is 19.0 Å². The molecule has 0 unspecified atom stereocenters. The van der Waals surface area contributed by atoms with Crippen LogP contribution in [0.3, 0.4) is 0 Å². The van der Waals surface area contributed by atoms with Gasteiger partial charge in [-0.15, -0.1) is 0 Å². The van der Waals surface area contributed by atoms with Crippen LogP contribution < -0.4 is 10.6 Å². The number of fused-ring (bicyclic) bond motifs is 1. The number of hydrogen-bond donors (Lipinski definition) is 2. The molecule has 0 radical (unpaired) electrons. The zero-order chi connectivity index (χ0) is 11.4. The summed E-state index contributed by atoms with van der Waals surface area (Å²) in [5.74, 6) is -0.165. The number of carbonyl (C=O) groups is 1. The first kappa shape index (κ1) is 10.5. The largest absolute Gasteiger partial charge is 0.385 e. The van der Waals surface area contributed by atoms with E-state index < -0.39 is 0 Å². The number of rotatable bonds is 2. The van der Waals surface area contributed by atoms with Crippen molar-refractivity contribution in [3.8, 4) is 6.07 Å². The van der Waals surface area contributed by atoms with Crippen molar-refractivity contribution < 1.29 is 4.79 Å². The predicted molar refractivity (Wildman–Crippen MR) is 61.2 cm³/mol. The summed E-state index contributed by atoms with van der Waals surface area (Å²) in [4.78, 5) is 11.8. The van der Waals surface area contributed by atoms with E-state index >= 15 is 0 Å². The minimum atomic E-state index is -0.165. The molecule has 4 heteroatoms. The molecule has 1 aromatic carbocycles. The molecule has 16 heavy (non-hydrogen) atoms. The second-order valence-corrected chi connectivity index (χ2v) is 3.70. The second-order valence-electron chi connectivity index (χ2n) is 3.70. The Bertz CT molecular complexity index is 448. The number of carbonyl (C=O) groups excluding carboxylic acids is 1. The van der Waals surface area contributed by atoms with Gasteiger partial charge in [0.15, 0.2) is 0 Å². The van der Waals surface area contributed by atoms with Gasteiger partial charge in [-0.25, -0.2) is 0 Å². The van der Waals surface area contributed by atoms with Crippen LogP contribution in [0, 0.1) is 11.3 Å². The van der Waals surface area contributed by atoms with Crippen molar-refractivity contribution in [3.63, 3.8) is 0 Å². The average Bonchev–Trinajstić information content (AvgIpc) is 2.35. The van der Waals surface area contributed by atoms with E-state index in [0.717, 1.165) is 30.6 Å². The fourth-order valence-electron chi connectivity index (χ4n) is 1.94. The first-order chi connectivity index (χ1) is 7.83. The lowest BCUT2D eigenvalue weighted by atomic mass is 9.97. The maximum Gasteiger partial charge on any atom is 0.252 e. The van der Waals surface area contributed by atoms with Gasteiger partial charge in [-0.3, -0.25) is 4.79 Å². The van der Waals surface area contributed by atoms with Crippen LogP contribution in [0.4, 0.5) is 5.69 Å². The molecule has 4 nitrogen and oxygen atoms in total. The van der Waals surface area contributed by atoms with Gasteiger partial charge in [-0.1, -0.05) is 6.07 Å². The number of benzene rings is 1. The van der Waals surface area contributed by atoms with E-state index in [4.69, 9.17) is 5.26 Å². The Hall–Kier alpha value is -2.02. The number of hydrogen-bond acceptors (Lipinski definition) is 3. The molecule has 1 heterocycles. The third kappa shape index (κ3) is 1.98. The SMILES string of the molecule is N#CCNC(=O)c1cccc2c1CCCN2. The van der Waals surface area contributed by atoms with Crippen molar-refractivity contribution in [2.24, 2.45) is 0 Å². The van der Waals surface area contributed by atoms with E-state index in [1.807, 2.05) is 18.2 Å². The Morgan fingerprint density at radius 2 is 2.44 bits per heavy atom. The lowest BCUT2D eigenvalue weighted by Crippen LogP contribution is -2.26. The van der Waals surface area contributed by atoms with Crippen LogP contribution in [0.2, 0.25) is 0 Å². The standard InChI is InChI=1S/C12H13N3O/c13-6-8-15-12(16)10-3-1-5-11-9(10)4-2-7-14-11/h1,3,5,14H,2,4,7-8H2,(H,15,16). The molecule has 0 spiro atoms. The quantitative estimate of drug-likeness (QED) is 0.731. The fraction of sp³-hybridized carbons (Fsp3) is 0.333. The fourth-order valence-corrected chi connectivity index (χ4v) is 1.94. The Labute approximate surface area is 94.3 Å². The number of nitriles is 1. The summed E-state index contributed by atoms with van der Waals surface area (Å²) in [7, 11) is 0.